The van der Waals surface area contributed by atoms with Gasteiger partial charge in [-0.25, -0.2) is 4.98 Å². The van der Waals surface area contributed by atoms with Crippen LogP contribution in [0, 0.1) is 0 Å². The second-order valence-electron chi connectivity index (χ2n) is 7.63. The van der Waals surface area contributed by atoms with Crippen molar-refractivity contribution in [3.8, 4) is 17.1 Å². The lowest BCUT2D eigenvalue weighted by atomic mass is 10.0. The molecule has 1 aliphatic heterocycles. The minimum absolute atomic E-state index is 0.186. The Morgan fingerprint density at radius 2 is 2.03 bits per heavy atom. The van der Waals surface area contributed by atoms with Crippen molar-refractivity contribution in [3.63, 3.8) is 0 Å². The maximum absolute atomic E-state index is 5.75. The van der Waals surface area contributed by atoms with Crippen LogP contribution in [-0.4, -0.2) is 46.0 Å². The van der Waals surface area contributed by atoms with Crippen LogP contribution < -0.4 is 4.74 Å². The summed E-state index contributed by atoms with van der Waals surface area (Å²) in [6, 6.07) is 8.39. The highest BCUT2D eigenvalue weighted by atomic mass is 16.5. The molecule has 0 radical (unpaired) electrons. The number of rotatable bonds is 8. The molecule has 0 unspecified atom stereocenters. The molecule has 0 saturated heterocycles. The van der Waals surface area contributed by atoms with Crippen LogP contribution in [0.3, 0.4) is 0 Å². The van der Waals surface area contributed by atoms with E-state index in [4.69, 9.17) is 19.0 Å². The lowest BCUT2D eigenvalue weighted by molar-refractivity contribution is 0.180. The van der Waals surface area contributed by atoms with Crippen LogP contribution in [0.25, 0.3) is 11.4 Å². The molecule has 3 aromatic rings. The first kappa shape index (κ1) is 19.7. The second kappa shape index (κ2) is 8.80. The van der Waals surface area contributed by atoms with Crippen molar-refractivity contribution < 1.29 is 13.9 Å². The molecule has 154 valence electrons. The van der Waals surface area contributed by atoms with Crippen LogP contribution in [0.15, 0.2) is 41.3 Å². The highest BCUT2D eigenvalue weighted by Crippen LogP contribution is 2.30. The molecule has 0 aliphatic carbocycles. The van der Waals surface area contributed by atoms with Gasteiger partial charge in [0.25, 0.3) is 0 Å². The van der Waals surface area contributed by atoms with E-state index in [-0.39, 0.29) is 6.10 Å². The zero-order chi connectivity index (χ0) is 20.2. The summed E-state index contributed by atoms with van der Waals surface area (Å²) in [5, 5.41) is 4.82. The molecule has 2 aromatic heterocycles. The number of oxazole rings is 1. The quantitative estimate of drug-likeness (QED) is 0.580. The van der Waals surface area contributed by atoms with Gasteiger partial charge in [0.15, 0.2) is 6.39 Å². The average Bonchev–Trinajstić information content (AvgIpc) is 3.35. The molecule has 0 spiro atoms. The number of ether oxygens (including phenoxy) is 2. The predicted molar refractivity (Wildman–Crippen MR) is 110 cm³/mol. The molecule has 1 aromatic carbocycles. The minimum Gasteiger partial charge on any atom is -0.491 e. The van der Waals surface area contributed by atoms with Crippen LogP contribution in [0.1, 0.15) is 30.7 Å². The van der Waals surface area contributed by atoms with Gasteiger partial charge in [-0.3, -0.25) is 9.58 Å². The minimum atomic E-state index is 0.186. The van der Waals surface area contributed by atoms with Gasteiger partial charge in [0, 0.05) is 44.4 Å². The van der Waals surface area contributed by atoms with Gasteiger partial charge in [-0.1, -0.05) is 12.1 Å². The number of fused-ring (bicyclic) bond motifs is 1. The van der Waals surface area contributed by atoms with E-state index in [1.54, 1.807) is 13.4 Å². The first-order valence-corrected chi connectivity index (χ1v) is 10.1. The summed E-state index contributed by atoms with van der Waals surface area (Å²) in [5.74, 6) is 0.914. The summed E-state index contributed by atoms with van der Waals surface area (Å²) < 4.78 is 18.3. The number of hydrogen-bond acceptors (Lipinski definition) is 6. The number of hydrogen-bond donors (Lipinski definition) is 0. The molecule has 0 saturated carbocycles. The second-order valence-corrected chi connectivity index (χ2v) is 7.63. The van der Waals surface area contributed by atoms with Crippen molar-refractivity contribution in [2.75, 3.05) is 20.3 Å². The van der Waals surface area contributed by atoms with E-state index < -0.39 is 0 Å². The smallest absolute Gasteiger partial charge is 0.181 e. The standard InChI is InChI=1S/C22H28N4O3/c1-16(2)29-18-6-4-17(5-7-18)12-25-9-8-21-19(13-25)22(20-14-28-15-23-20)24-26(21)10-11-27-3/h4-7,14-16H,8-13H2,1-3H3. The van der Waals surface area contributed by atoms with Crippen molar-refractivity contribution in [1.29, 1.82) is 0 Å². The Balaban J connectivity index is 1.52. The van der Waals surface area contributed by atoms with Crippen molar-refractivity contribution in [1.82, 2.24) is 19.7 Å². The molecule has 29 heavy (non-hydrogen) atoms. The van der Waals surface area contributed by atoms with Gasteiger partial charge in [0.1, 0.15) is 23.4 Å². The van der Waals surface area contributed by atoms with Crippen LogP contribution >= 0.6 is 0 Å². The third-order valence-electron chi connectivity index (χ3n) is 5.10. The maximum Gasteiger partial charge on any atom is 0.181 e. The lowest BCUT2D eigenvalue weighted by Gasteiger charge is -2.28. The van der Waals surface area contributed by atoms with Crippen LogP contribution in [0.2, 0.25) is 0 Å². The van der Waals surface area contributed by atoms with Gasteiger partial charge in [0.2, 0.25) is 0 Å². The molecule has 0 bridgehead atoms. The molecule has 1 aliphatic rings. The van der Waals surface area contributed by atoms with Crippen LogP contribution in [-0.2, 0) is 30.8 Å². The Morgan fingerprint density at radius 3 is 2.72 bits per heavy atom. The summed E-state index contributed by atoms with van der Waals surface area (Å²) in [6.45, 7) is 8.19. The fraction of sp³-hybridized carbons (Fsp3) is 0.455. The topological polar surface area (TPSA) is 65.5 Å². The molecule has 0 amide bonds. The third kappa shape index (κ3) is 4.52. The Morgan fingerprint density at radius 1 is 1.21 bits per heavy atom. The monoisotopic (exact) mass is 396 g/mol. The highest BCUT2D eigenvalue weighted by Gasteiger charge is 2.26. The third-order valence-corrected chi connectivity index (χ3v) is 5.10. The van der Waals surface area contributed by atoms with Gasteiger partial charge in [-0.2, -0.15) is 5.10 Å². The van der Waals surface area contributed by atoms with E-state index in [0.717, 1.165) is 49.7 Å². The first-order chi connectivity index (χ1) is 14.1. The van der Waals surface area contributed by atoms with E-state index in [0.29, 0.717) is 6.61 Å². The zero-order valence-corrected chi connectivity index (χ0v) is 17.3. The summed E-state index contributed by atoms with van der Waals surface area (Å²) in [5.41, 5.74) is 5.49. The van der Waals surface area contributed by atoms with E-state index in [9.17, 15) is 0 Å². The molecular weight excluding hydrogens is 368 g/mol. The van der Waals surface area contributed by atoms with E-state index in [1.165, 1.54) is 23.2 Å². The Kier molecular flexibility index (Phi) is 5.97. The Bertz CT molecular complexity index is 916. The maximum atomic E-state index is 5.75. The number of aromatic nitrogens is 3. The predicted octanol–water partition coefficient (Wildman–Crippen LogP) is 3.53. The molecule has 0 atom stereocenters. The molecule has 0 fully saturated rings. The van der Waals surface area contributed by atoms with Crippen molar-refractivity contribution in [3.05, 3.63) is 53.7 Å². The zero-order valence-electron chi connectivity index (χ0n) is 17.3. The normalized spacial score (nSPS) is 14.3. The summed E-state index contributed by atoms with van der Waals surface area (Å²) >= 11 is 0. The summed E-state index contributed by atoms with van der Waals surface area (Å²) in [4.78, 5) is 6.78. The number of benzene rings is 1. The van der Waals surface area contributed by atoms with Crippen LogP contribution in [0.5, 0.6) is 5.75 Å². The van der Waals surface area contributed by atoms with E-state index in [1.807, 2.05) is 26.0 Å². The lowest BCUT2D eigenvalue weighted by Crippen LogP contribution is -2.31. The van der Waals surface area contributed by atoms with Gasteiger partial charge >= 0.3 is 0 Å². The molecule has 7 nitrogen and oxygen atoms in total. The number of methoxy groups -OCH3 is 1. The van der Waals surface area contributed by atoms with Gasteiger partial charge < -0.3 is 13.9 Å². The van der Waals surface area contributed by atoms with Crippen molar-refractivity contribution >= 4 is 0 Å². The van der Waals surface area contributed by atoms with Crippen LogP contribution in [0.4, 0.5) is 0 Å². The fourth-order valence-corrected chi connectivity index (χ4v) is 3.78. The van der Waals surface area contributed by atoms with E-state index >= 15 is 0 Å². The largest absolute Gasteiger partial charge is 0.491 e. The van der Waals surface area contributed by atoms with E-state index in [2.05, 4.69) is 26.7 Å². The molecule has 4 rings (SSSR count). The molecular formula is C22H28N4O3. The average molecular weight is 396 g/mol. The first-order valence-electron chi connectivity index (χ1n) is 10.1. The van der Waals surface area contributed by atoms with Gasteiger partial charge in [-0.15, -0.1) is 0 Å². The molecule has 3 heterocycles. The SMILES string of the molecule is COCCn1nc(-c2cocn2)c2c1CCN(Cc1ccc(OC(C)C)cc1)C2. The molecule has 0 N–H and O–H groups in total. The van der Waals surface area contributed by atoms with Gasteiger partial charge in [-0.05, 0) is 31.5 Å². The fourth-order valence-electron chi connectivity index (χ4n) is 3.78. The molecule has 7 heteroatoms. The summed E-state index contributed by atoms with van der Waals surface area (Å²) in [7, 11) is 1.72. The Hall–Kier alpha value is -2.64. The Labute approximate surface area is 171 Å². The number of nitrogens with zero attached hydrogens (tertiary/aromatic N) is 4. The highest BCUT2D eigenvalue weighted by molar-refractivity contribution is 5.59. The van der Waals surface area contributed by atoms with Crippen molar-refractivity contribution in [2.45, 2.75) is 46.0 Å². The van der Waals surface area contributed by atoms with Crippen molar-refractivity contribution in [2.24, 2.45) is 0 Å². The van der Waals surface area contributed by atoms with Gasteiger partial charge in [0.05, 0.1) is 19.3 Å². The summed E-state index contributed by atoms with van der Waals surface area (Å²) in [6.07, 6.45) is 4.26.